The van der Waals surface area contributed by atoms with E-state index in [4.69, 9.17) is 23.7 Å². The highest BCUT2D eigenvalue weighted by Crippen LogP contribution is 2.63. The monoisotopic (exact) mass is 588 g/mol. The van der Waals surface area contributed by atoms with Gasteiger partial charge in [0.05, 0.1) is 35.6 Å². The molecular weight excluding hydrogens is 528 g/mol. The van der Waals surface area contributed by atoms with Gasteiger partial charge in [0, 0.05) is 38.0 Å². The maximum Gasteiger partial charge on any atom is 0.333 e. The lowest BCUT2D eigenvalue weighted by Crippen LogP contribution is -2.68. The summed E-state index contributed by atoms with van der Waals surface area (Å²) >= 11 is 0. The maximum absolute atomic E-state index is 12.8. The molecule has 42 heavy (non-hydrogen) atoms. The first-order chi connectivity index (χ1) is 20.1. The van der Waals surface area contributed by atoms with Crippen LogP contribution in [0.1, 0.15) is 149 Å². The molecule has 0 radical (unpaired) electrons. The molecule has 0 aromatic rings. The molecule has 6 rings (SSSR count). The number of unbranched alkanes of at least 4 members (excludes halogenated alkanes) is 8. The van der Waals surface area contributed by atoms with Crippen LogP contribution < -0.4 is 0 Å². The molecule has 240 valence electrons. The summed E-state index contributed by atoms with van der Waals surface area (Å²) < 4.78 is 31.4. The average molecular weight is 589 g/mol. The van der Waals surface area contributed by atoms with Gasteiger partial charge in [-0.2, -0.15) is 0 Å². The van der Waals surface area contributed by atoms with Crippen LogP contribution in [0.4, 0.5) is 0 Å². The molecule has 2 saturated heterocycles. The molecule has 2 aliphatic heterocycles. The molecule has 6 fully saturated rings. The lowest BCUT2D eigenvalue weighted by molar-refractivity contribution is -0.283. The molecule has 6 heteroatoms. The highest BCUT2D eigenvalue weighted by molar-refractivity contribution is 5.87. The Morgan fingerprint density at radius 2 is 1.10 bits per heavy atom. The second kappa shape index (κ2) is 13.6. The van der Waals surface area contributed by atoms with Crippen molar-refractivity contribution >= 4 is 5.97 Å². The van der Waals surface area contributed by atoms with E-state index in [1.807, 2.05) is 0 Å². The predicted octanol–water partition coefficient (Wildman–Crippen LogP) is 8.39. The smallest absolute Gasteiger partial charge is 0.333 e. The minimum atomic E-state index is -0.477. The van der Waals surface area contributed by atoms with E-state index in [0.717, 1.165) is 77.8 Å². The van der Waals surface area contributed by atoms with Crippen molar-refractivity contribution < 1.29 is 28.5 Å². The van der Waals surface area contributed by atoms with Crippen LogP contribution in [0.2, 0.25) is 0 Å². The van der Waals surface area contributed by atoms with Crippen molar-refractivity contribution in [3.8, 4) is 0 Å². The Morgan fingerprint density at radius 3 is 1.52 bits per heavy atom. The van der Waals surface area contributed by atoms with Crippen LogP contribution in [-0.2, 0) is 28.5 Å². The molecule has 6 aliphatic rings. The van der Waals surface area contributed by atoms with Crippen LogP contribution in [0.5, 0.6) is 0 Å². The van der Waals surface area contributed by atoms with Crippen molar-refractivity contribution in [2.75, 3.05) is 26.4 Å². The van der Waals surface area contributed by atoms with Gasteiger partial charge < -0.3 is 23.7 Å². The van der Waals surface area contributed by atoms with Gasteiger partial charge in [-0.05, 0) is 84.5 Å². The Balaban J connectivity index is 1.07. The molecule has 0 aromatic carbocycles. The predicted molar refractivity (Wildman–Crippen MR) is 166 cm³/mol. The highest BCUT2D eigenvalue weighted by Gasteiger charge is 2.66. The van der Waals surface area contributed by atoms with Gasteiger partial charge in [-0.25, -0.2) is 4.79 Å². The number of carbonyl (C=O) groups excluding carboxylic acids is 1. The summed E-state index contributed by atoms with van der Waals surface area (Å²) in [6.07, 6.45) is 22.7. The number of carbonyl (C=O) groups is 1. The third-order valence-corrected chi connectivity index (χ3v) is 11.3. The van der Waals surface area contributed by atoms with Crippen molar-refractivity contribution in [3.05, 3.63) is 12.2 Å². The zero-order valence-corrected chi connectivity index (χ0v) is 27.2. The van der Waals surface area contributed by atoms with Gasteiger partial charge in [0.15, 0.2) is 0 Å². The molecule has 4 unspecified atom stereocenters. The third kappa shape index (κ3) is 8.20. The zero-order valence-electron chi connectivity index (χ0n) is 27.2. The molecule has 4 saturated carbocycles. The molecule has 4 aliphatic carbocycles. The van der Waals surface area contributed by atoms with Crippen LogP contribution in [0, 0.1) is 5.92 Å². The van der Waals surface area contributed by atoms with E-state index in [1.54, 1.807) is 6.92 Å². The fourth-order valence-electron chi connectivity index (χ4n) is 9.03. The fourth-order valence-corrected chi connectivity index (χ4v) is 9.03. The van der Waals surface area contributed by atoms with Crippen LogP contribution in [0.25, 0.3) is 0 Å². The Bertz CT molecular complexity index is 868. The van der Waals surface area contributed by atoms with Gasteiger partial charge in [0.2, 0.25) is 0 Å². The average Bonchev–Trinajstić information content (AvgIpc) is 2.88. The molecular formula is C36H60O6. The maximum atomic E-state index is 12.8. The number of ether oxygens (including phenoxy) is 5. The van der Waals surface area contributed by atoms with E-state index < -0.39 is 5.60 Å². The third-order valence-electron chi connectivity index (χ3n) is 11.3. The van der Waals surface area contributed by atoms with Crippen LogP contribution in [0.3, 0.4) is 0 Å². The summed E-state index contributed by atoms with van der Waals surface area (Å²) in [5.74, 6) is 0.230. The molecule has 0 amide bonds. The Morgan fingerprint density at radius 1 is 0.690 bits per heavy atom. The van der Waals surface area contributed by atoms with Gasteiger partial charge in [-0.15, -0.1) is 0 Å². The standard InChI is InChI=1S/C36H60O6/c1-29(2)31(37)42-36-25-30-23-34(27-36,40-19-13-9-5-7-11-15-32(3)17-21-38-32)26-35(24-30,28-36)41-20-14-10-6-8-12-16-33(4)18-22-39-33/h30H,1,5-28H2,2-4H3. The molecule has 6 nitrogen and oxygen atoms in total. The van der Waals surface area contributed by atoms with E-state index in [-0.39, 0.29) is 28.4 Å². The quantitative estimate of drug-likeness (QED) is 0.0808. The summed E-state index contributed by atoms with van der Waals surface area (Å²) in [5, 5.41) is 0. The van der Waals surface area contributed by atoms with Crippen molar-refractivity contribution in [2.24, 2.45) is 5.92 Å². The number of hydrogen-bond acceptors (Lipinski definition) is 6. The largest absolute Gasteiger partial charge is 0.455 e. The van der Waals surface area contributed by atoms with Crippen LogP contribution in [0.15, 0.2) is 12.2 Å². The molecule has 4 atom stereocenters. The molecule has 0 N–H and O–H groups in total. The van der Waals surface area contributed by atoms with E-state index >= 15 is 0 Å². The van der Waals surface area contributed by atoms with Gasteiger partial charge in [-0.3, -0.25) is 0 Å². The summed E-state index contributed by atoms with van der Waals surface area (Å²) in [4.78, 5) is 12.8. The van der Waals surface area contributed by atoms with Crippen molar-refractivity contribution in [1.29, 1.82) is 0 Å². The highest BCUT2D eigenvalue weighted by atomic mass is 16.6. The summed E-state index contributed by atoms with van der Waals surface area (Å²) in [6.45, 7) is 13.6. The molecule has 0 aromatic heterocycles. The second-order valence-corrected chi connectivity index (χ2v) is 15.6. The van der Waals surface area contributed by atoms with E-state index in [9.17, 15) is 4.79 Å². The van der Waals surface area contributed by atoms with Gasteiger partial charge in [0.1, 0.15) is 5.60 Å². The van der Waals surface area contributed by atoms with E-state index in [0.29, 0.717) is 11.5 Å². The SMILES string of the molecule is C=C(C)C(=O)OC12CC3CC(OCCCCCCCC4(C)CCO4)(CC(OCCCCCCCC4(C)CCO4)(C3)C1)C2. The first-order valence-corrected chi connectivity index (χ1v) is 17.5. The first-order valence-electron chi connectivity index (χ1n) is 17.5. The Hall–Kier alpha value is -0.950. The van der Waals surface area contributed by atoms with E-state index in [1.165, 1.54) is 77.0 Å². The van der Waals surface area contributed by atoms with Crippen molar-refractivity contribution in [1.82, 2.24) is 0 Å². The molecule has 4 bridgehead atoms. The lowest BCUT2D eigenvalue weighted by Gasteiger charge is -2.64. The van der Waals surface area contributed by atoms with Crippen molar-refractivity contribution in [2.45, 2.75) is 177 Å². The minimum Gasteiger partial charge on any atom is -0.455 e. The van der Waals surface area contributed by atoms with Gasteiger partial charge in [-0.1, -0.05) is 57.9 Å². The summed E-state index contributed by atoms with van der Waals surface area (Å²) in [7, 11) is 0. The molecule has 2 heterocycles. The summed E-state index contributed by atoms with van der Waals surface area (Å²) in [6, 6.07) is 0. The molecule has 0 spiro atoms. The second-order valence-electron chi connectivity index (χ2n) is 15.6. The zero-order chi connectivity index (χ0) is 29.7. The number of hydrogen-bond donors (Lipinski definition) is 0. The topological polar surface area (TPSA) is 63.2 Å². The van der Waals surface area contributed by atoms with Crippen LogP contribution >= 0.6 is 0 Å². The summed E-state index contributed by atoms with van der Waals surface area (Å²) in [5.41, 5.74) is -0.143. The lowest BCUT2D eigenvalue weighted by atomic mass is 9.50. The Labute approximate surface area is 256 Å². The fraction of sp³-hybridized carbons (Fsp3) is 0.917. The number of esters is 1. The van der Waals surface area contributed by atoms with Gasteiger partial charge >= 0.3 is 5.97 Å². The van der Waals surface area contributed by atoms with Crippen molar-refractivity contribution in [3.63, 3.8) is 0 Å². The van der Waals surface area contributed by atoms with E-state index in [2.05, 4.69) is 20.4 Å². The van der Waals surface area contributed by atoms with Crippen LogP contribution in [-0.4, -0.2) is 60.4 Å². The van der Waals surface area contributed by atoms with Gasteiger partial charge in [0.25, 0.3) is 0 Å². The Kier molecular flexibility index (Phi) is 10.5. The first kappa shape index (κ1) is 32.4. The number of rotatable bonds is 20. The minimum absolute atomic E-state index is 0.159. The normalized spacial score (nSPS) is 38.2.